The average Bonchev–Trinajstić information content (AvgIpc) is 2.69. The summed E-state index contributed by atoms with van der Waals surface area (Å²) in [6.07, 6.45) is 0.982. The van der Waals surface area contributed by atoms with Gasteiger partial charge in [-0.1, -0.05) is 38.1 Å². The van der Waals surface area contributed by atoms with Gasteiger partial charge in [-0.3, -0.25) is 20.4 Å². The van der Waals surface area contributed by atoms with Gasteiger partial charge in [0.15, 0.2) is 6.61 Å². The normalized spacial score (nSPS) is 11.6. The Morgan fingerprint density at radius 3 is 2.46 bits per heavy atom. The molecule has 0 spiro atoms. The van der Waals surface area contributed by atoms with Crippen LogP contribution in [0.3, 0.4) is 0 Å². The lowest BCUT2D eigenvalue weighted by atomic mass is 9.98. The number of carbonyl (C=O) groups is 2. The van der Waals surface area contributed by atoms with Crippen molar-refractivity contribution >= 4 is 11.8 Å². The molecule has 1 atom stereocenters. The second-order valence-electron chi connectivity index (χ2n) is 6.83. The summed E-state index contributed by atoms with van der Waals surface area (Å²) in [5.74, 6) is 0.736. The molecule has 0 radical (unpaired) electrons. The van der Waals surface area contributed by atoms with E-state index in [1.807, 2.05) is 38.1 Å². The summed E-state index contributed by atoms with van der Waals surface area (Å²) in [7, 11) is 0. The molecule has 0 bridgehead atoms. The van der Waals surface area contributed by atoms with Gasteiger partial charge in [-0.05, 0) is 56.0 Å². The Morgan fingerprint density at radius 1 is 1.00 bits per heavy atom. The van der Waals surface area contributed by atoms with Gasteiger partial charge in [-0.25, -0.2) is 0 Å². The topological polar surface area (TPSA) is 76.7 Å². The highest BCUT2D eigenvalue weighted by Crippen LogP contribution is 2.28. The van der Waals surface area contributed by atoms with Crippen molar-refractivity contribution in [2.75, 3.05) is 6.61 Å². The molecule has 2 amide bonds. The Balaban J connectivity index is 1.87. The first-order valence-electron chi connectivity index (χ1n) is 9.48. The first kappa shape index (κ1) is 21.3. The second kappa shape index (κ2) is 10.3. The number of hydrogen-bond donors (Lipinski definition) is 2. The molecule has 2 aromatic rings. The summed E-state index contributed by atoms with van der Waals surface area (Å²) in [6.45, 7) is 7.84. The molecule has 150 valence electrons. The smallest absolute Gasteiger partial charge is 0.276 e. The zero-order valence-electron chi connectivity index (χ0n) is 16.8. The van der Waals surface area contributed by atoms with Gasteiger partial charge in [-0.15, -0.1) is 0 Å². The van der Waals surface area contributed by atoms with Crippen LogP contribution in [0.4, 0.5) is 0 Å². The molecular weight excluding hydrogens is 356 g/mol. The third-order valence-electron chi connectivity index (χ3n) is 4.20. The third-order valence-corrected chi connectivity index (χ3v) is 4.20. The second-order valence-corrected chi connectivity index (χ2v) is 6.83. The molecule has 2 N–H and O–H groups in total. The quantitative estimate of drug-likeness (QED) is 0.678. The Hall–Kier alpha value is -3.02. The molecule has 0 saturated heterocycles. The minimum absolute atomic E-state index is 0.00784. The summed E-state index contributed by atoms with van der Waals surface area (Å²) >= 11 is 0. The zero-order chi connectivity index (χ0) is 20.5. The fourth-order valence-corrected chi connectivity index (χ4v) is 2.60. The molecule has 0 aliphatic rings. The molecule has 0 aliphatic carbocycles. The van der Waals surface area contributed by atoms with E-state index in [0.717, 1.165) is 12.0 Å². The molecule has 0 saturated carbocycles. The van der Waals surface area contributed by atoms with E-state index in [2.05, 4.69) is 24.7 Å². The molecule has 2 rings (SSSR count). The maximum Gasteiger partial charge on any atom is 0.276 e. The lowest BCUT2D eigenvalue weighted by Crippen LogP contribution is -2.43. The van der Waals surface area contributed by atoms with E-state index in [9.17, 15) is 9.59 Å². The maximum atomic E-state index is 12.2. The van der Waals surface area contributed by atoms with Crippen molar-refractivity contribution in [3.63, 3.8) is 0 Å². The number of para-hydroxylation sites is 1. The maximum absolute atomic E-state index is 12.2. The van der Waals surface area contributed by atoms with Crippen molar-refractivity contribution in [2.45, 2.75) is 46.1 Å². The molecule has 1 unspecified atom stereocenters. The van der Waals surface area contributed by atoms with Gasteiger partial charge in [0.05, 0.1) is 6.10 Å². The van der Waals surface area contributed by atoms with E-state index >= 15 is 0 Å². The first-order chi connectivity index (χ1) is 13.4. The van der Waals surface area contributed by atoms with Gasteiger partial charge < -0.3 is 9.47 Å². The molecule has 28 heavy (non-hydrogen) atoms. The number of rotatable bonds is 8. The molecule has 0 aliphatic heterocycles. The predicted molar refractivity (Wildman–Crippen MR) is 108 cm³/mol. The number of ether oxygens (including phenoxy) is 2. The van der Waals surface area contributed by atoms with Crippen molar-refractivity contribution < 1.29 is 19.1 Å². The van der Waals surface area contributed by atoms with Gasteiger partial charge in [0.25, 0.3) is 11.8 Å². The first-order valence-corrected chi connectivity index (χ1v) is 9.48. The molecule has 2 aromatic carbocycles. The van der Waals surface area contributed by atoms with Crippen LogP contribution in [0.1, 0.15) is 56.0 Å². The number of hydrazine groups is 1. The monoisotopic (exact) mass is 384 g/mol. The highest BCUT2D eigenvalue weighted by Gasteiger charge is 2.12. The minimum atomic E-state index is -0.443. The van der Waals surface area contributed by atoms with Crippen molar-refractivity contribution in [1.29, 1.82) is 0 Å². The molecular formula is C22H28N2O4. The summed E-state index contributed by atoms with van der Waals surface area (Å²) in [4.78, 5) is 24.3. The van der Waals surface area contributed by atoms with Crippen molar-refractivity contribution in [1.82, 2.24) is 10.9 Å². The Labute approximate surface area is 166 Å². The molecule has 6 heteroatoms. The largest absolute Gasteiger partial charge is 0.491 e. The van der Waals surface area contributed by atoms with E-state index in [1.54, 1.807) is 24.3 Å². The van der Waals surface area contributed by atoms with E-state index in [1.165, 1.54) is 0 Å². The van der Waals surface area contributed by atoms with Gasteiger partial charge in [-0.2, -0.15) is 0 Å². The fraction of sp³-hybridized carbons (Fsp3) is 0.364. The van der Waals surface area contributed by atoms with Crippen LogP contribution < -0.4 is 20.3 Å². The van der Waals surface area contributed by atoms with Crippen molar-refractivity contribution in [2.24, 2.45) is 0 Å². The van der Waals surface area contributed by atoms with Crippen LogP contribution in [0.25, 0.3) is 0 Å². The number of nitrogens with one attached hydrogen (secondary N) is 2. The number of hydrogen-bond acceptors (Lipinski definition) is 4. The summed E-state index contributed by atoms with van der Waals surface area (Å²) in [5.41, 5.74) is 6.21. The standard InChI is InChI=1S/C22H28N2O4/c1-5-16(4)19-11-6-7-12-20(19)27-14-21(25)23-24-22(26)17-9-8-10-18(13-17)28-15(2)3/h6-13,15-16H,5,14H2,1-4H3,(H,23,25)(H,24,26). The van der Waals surface area contributed by atoms with Crippen molar-refractivity contribution in [3.8, 4) is 11.5 Å². The van der Waals surface area contributed by atoms with E-state index in [-0.39, 0.29) is 12.7 Å². The number of benzene rings is 2. The third kappa shape index (κ3) is 6.30. The van der Waals surface area contributed by atoms with Crippen LogP contribution in [0.15, 0.2) is 48.5 Å². The number of amides is 2. The predicted octanol–water partition coefficient (Wildman–Crippen LogP) is 3.83. The Morgan fingerprint density at radius 2 is 1.75 bits per heavy atom. The van der Waals surface area contributed by atoms with Crippen LogP contribution in [-0.4, -0.2) is 24.5 Å². The zero-order valence-corrected chi connectivity index (χ0v) is 16.8. The molecule has 0 heterocycles. The summed E-state index contributed by atoms with van der Waals surface area (Å²) in [6, 6.07) is 14.4. The van der Waals surface area contributed by atoms with E-state index in [0.29, 0.717) is 23.0 Å². The van der Waals surface area contributed by atoms with Gasteiger partial charge in [0.1, 0.15) is 11.5 Å². The molecule has 0 fully saturated rings. The Bertz CT molecular complexity index is 805. The van der Waals surface area contributed by atoms with Gasteiger partial charge in [0.2, 0.25) is 0 Å². The average molecular weight is 384 g/mol. The van der Waals surface area contributed by atoms with Crippen LogP contribution in [0, 0.1) is 0 Å². The molecule has 0 aromatic heterocycles. The number of carbonyl (C=O) groups excluding carboxylic acids is 2. The Kier molecular flexibility index (Phi) is 7.87. The summed E-state index contributed by atoms with van der Waals surface area (Å²) < 4.78 is 11.2. The van der Waals surface area contributed by atoms with E-state index < -0.39 is 11.8 Å². The summed E-state index contributed by atoms with van der Waals surface area (Å²) in [5, 5.41) is 0. The molecule has 6 nitrogen and oxygen atoms in total. The SMILES string of the molecule is CCC(C)c1ccccc1OCC(=O)NNC(=O)c1cccc(OC(C)C)c1. The highest BCUT2D eigenvalue weighted by molar-refractivity contribution is 5.95. The van der Waals surface area contributed by atoms with Crippen LogP contribution in [0.2, 0.25) is 0 Å². The van der Waals surface area contributed by atoms with E-state index in [4.69, 9.17) is 9.47 Å². The van der Waals surface area contributed by atoms with Crippen LogP contribution in [0.5, 0.6) is 11.5 Å². The van der Waals surface area contributed by atoms with Crippen LogP contribution >= 0.6 is 0 Å². The van der Waals surface area contributed by atoms with Gasteiger partial charge >= 0.3 is 0 Å². The van der Waals surface area contributed by atoms with Crippen molar-refractivity contribution in [3.05, 3.63) is 59.7 Å². The van der Waals surface area contributed by atoms with Gasteiger partial charge in [0, 0.05) is 5.56 Å². The lowest BCUT2D eigenvalue weighted by molar-refractivity contribution is -0.123. The minimum Gasteiger partial charge on any atom is -0.491 e. The fourth-order valence-electron chi connectivity index (χ4n) is 2.60. The lowest BCUT2D eigenvalue weighted by Gasteiger charge is -2.15. The highest BCUT2D eigenvalue weighted by atomic mass is 16.5. The van der Waals surface area contributed by atoms with Crippen LogP contribution in [-0.2, 0) is 4.79 Å².